The summed E-state index contributed by atoms with van der Waals surface area (Å²) in [6, 6.07) is 8.98. The van der Waals surface area contributed by atoms with Gasteiger partial charge < -0.3 is 4.90 Å². The number of unbranched alkanes of at least 4 members (excludes halogenated alkanes) is 1. The van der Waals surface area contributed by atoms with Gasteiger partial charge in [-0.3, -0.25) is 0 Å². The summed E-state index contributed by atoms with van der Waals surface area (Å²) in [6.45, 7) is 9.34. The molecule has 1 nitrogen and oxygen atoms in total. The molecular weight excluding hydrogens is 206 g/mol. The molecule has 0 amide bonds. The lowest BCUT2D eigenvalue weighted by atomic mass is 9.93. The number of aryl methyl sites for hydroxylation is 1. The van der Waals surface area contributed by atoms with Gasteiger partial charge in [0.1, 0.15) is 0 Å². The maximum absolute atomic E-state index is 2.56. The van der Waals surface area contributed by atoms with Crippen molar-refractivity contribution < 1.29 is 0 Å². The number of rotatable bonds is 4. The molecule has 1 aliphatic heterocycles. The van der Waals surface area contributed by atoms with E-state index in [2.05, 4.69) is 49.9 Å². The van der Waals surface area contributed by atoms with Gasteiger partial charge in [0.25, 0.3) is 0 Å². The van der Waals surface area contributed by atoms with Gasteiger partial charge in [-0.1, -0.05) is 44.4 Å². The van der Waals surface area contributed by atoms with Gasteiger partial charge in [0.05, 0.1) is 0 Å². The molecule has 2 atom stereocenters. The zero-order chi connectivity index (χ0) is 12.3. The molecule has 2 unspecified atom stereocenters. The Morgan fingerprint density at radius 3 is 2.53 bits per heavy atom. The van der Waals surface area contributed by atoms with Crippen molar-refractivity contribution in [2.24, 2.45) is 11.8 Å². The van der Waals surface area contributed by atoms with E-state index in [1.807, 2.05) is 0 Å². The van der Waals surface area contributed by atoms with Crippen molar-refractivity contribution in [3.05, 3.63) is 29.8 Å². The normalized spacial score (nSPS) is 24.3. The number of hydrogen-bond acceptors (Lipinski definition) is 1. The molecule has 0 bridgehead atoms. The van der Waals surface area contributed by atoms with Crippen LogP contribution in [0.1, 0.15) is 38.7 Å². The van der Waals surface area contributed by atoms with Gasteiger partial charge in [-0.2, -0.15) is 0 Å². The van der Waals surface area contributed by atoms with E-state index in [9.17, 15) is 0 Å². The van der Waals surface area contributed by atoms with Crippen LogP contribution in [0.2, 0.25) is 0 Å². The Hall–Kier alpha value is -0.980. The van der Waals surface area contributed by atoms with Gasteiger partial charge >= 0.3 is 0 Å². The monoisotopic (exact) mass is 231 g/mol. The van der Waals surface area contributed by atoms with E-state index in [1.54, 1.807) is 0 Å². The quantitative estimate of drug-likeness (QED) is 0.748. The Balaban J connectivity index is 1.98. The summed E-state index contributed by atoms with van der Waals surface area (Å²) in [5.41, 5.74) is 2.75. The van der Waals surface area contributed by atoms with Crippen LogP contribution >= 0.6 is 0 Å². The second kappa shape index (κ2) is 5.57. The van der Waals surface area contributed by atoms with Crippen molar-refractivity contribution in [3.8, 4) is 0 Å². The number of benzene rings is 1. The molecule has 1 heteroatoms. The Labute approximate surface area is 106 Å². The highest BCUT2D eigenvalue weighted by Crippen LogP contribution is 2.31. The summed E-state index contributed by atoms with van der Waals surface area (Å²) in [6.07, 6.45) is 4.12. The van der Waals surface area contributed by atoms with Crippen molar-refractivity contribution in [2.75, 3.05) is 18.0 Å². The Morgan fingerprint density at radius 2 is 1.88 bits per heavy atom. The van der Waals surface area contributed by atoms with Crippen molar-refractivity contribution >= 4 is 5.69 Å². The standard InChI is InChI=1S/C16H25N/c1-4-5-6-15-12-17(11-14(15)3)16-9-7-13(2)8-10-16/h7-10,14-15H,4-6,11-12H2,1-3H3. The lowest BCUT2D eigenvalue weighted by molar-refractivity contribution is 0.409. The highest BCUT2D eigenvalue weighted by atomic mass is 15.2. The molecule has 1 fully saturated rings. The van der Waals surface area contributed by atoms with Crippen molar-refractivity contribution in [3.63, 3.8) is 0 Å². The van der Waals surface area contributed by atoms with Crippen LogP contribution in [0.3, 0.4) is 0 Å². The second-order valence-electron chi connectivity index (χ2n) is 5.62. The molecule has 0 saturated carbocycles. The first kappa shape index (κ1) is 12.5. The molecule has 0 aliphatic carbocycles. The molecule has 0 aromatic heterocycles. The largest absolute Gasteiger partial charge is 0.371 e. The van der Waals surface area contributed by atoms with Crippen LogP contribution in [-0.4, -0.2) is 13.1 Å². The Bertz CT molecular complexity index is 341. The van der Waals surface area contributed by atoms with Crippen LogP contribution in [0.5, 0.6) is 0 Å². The lowest BCUT2D eigenvalue weighted by Gasteiger charge is -2.18. The average molecular weight is 231 g/mol. The van der Waals surface area contributed by atoms with Crippen LogP contribution in [0.25, 0.3) is 0 Å². The van der Waals surface area contributed by atoms with Crippen molar-refractivity contribution in [2.45, 2.75) is 40.0 Å². The molecule has 1 aromatic rings. The molecule has 1 aromatic carbocycles. The van der Waals surface area contributed by atoms with Gasteiger partial charge in [0.2, 0.25) is 0 Å². The van der Waals surface area contributed by atoms with Gasteiger partial charge in [-0.25, -0.2) is 0 Å². The third-order valence-corrected chi connectivity index (χ3v) is 4.10. The first-order valence-electron chi connectivity index (χ1n) is 7.02. The number of nitrogens with zero attached hydrogens (tertiary/aromatic N) is 1. The van der Waals surface area contributed by atoms with E-state index < -0.39 is 0 Å². The van der Waals surface area contributed by atoms with Crippen LogP contribution in [0, 0.1) is 18.8 Å². The van der Waals surface area contributed by atoms with Gasteiger partial charge in [-0.15, -0.1) is 0 Å². The molecule has 0 N–H and O–H groups in total. The van der Waals surface area contributed by atoms with Crippen LogP contribution in [0.4, 0.5) is 5.69 Å². The average Bonchev–Trinajstić information content (AvgIpc) is 2.69. The van der Waals surface area contributed by atoms with E-state index in [0.717, 1.165) is 11.8 Å². The third kappa shape index (κ3) is 3.02. The number of hydrogen-bond donors (Lipinski definition) is 0. The van der Waals surface area contributed by atoms with Crippen molar-refractivity contribution in [1.82, 2.24) is 0 Å². The third-order valence-electron chi connectivity index (χ3n) is 4.10. The van der Waals surface area contributed by atoms with Gasteiger partial charge in [-0.05, 0) is 37.3 Å². The van der Waals surface area contributed by atoms with Crippen molar-refractivity contribution in [1.29, 1.82) is 0 Å². The first-order valence-corrected chi connectivity index (χ1v) is 7.02. The molecule has 1 aliphatic rings. The summed E-state index contributed by atoms with van der Waals surface area (Å²) in [4.78, 5) is 2.56. The maximum Gasteiger partial charge on any atom is 0.0366 e. The molecule has 94 valence electrons. The molecule has 0 spiro atoms. The minimum Gasteiger partial charge on any atom is -0.371 e. The van der Waals surface area contributed by atoms with E-state index in [-0.39, 0.29) is 0 Å². The second-order valence-corrected chi connectivity index (χ2v) is 5.62. The summed E-state index contributed by atoms with van der Waals surface area (Å²) in [5, 5.41) is 0. The minimum absolute atomic E-state index is 0.850. The molecule has 0 radical (unpaired) electrons. The highest BCUT2D eigenvalue weighted by molar-refractivity contribution is 5.48. The Kier molecular flexibility index (Phi) is 4.09. The predicted octanol–water partition coefficient (Wildman–Crippen LogP) is 4.26. The molecule has 17 heavy (non-hydrogen) atoms. The molecular formula is C16H25N. The van der Waals surface area contributed by atoms with E-state index >= 15 is 0 Å². The van der Waals surface area contributed by atoms with Crippen LogP contribution < -0.4 is 4.90 Å². The van der Waals surface area contributed by atoms with E-state index in [1.165, 1.54) is 43.6 Å². The molecule has 1 heterocycles. The van der Waals surface area contributed by atoms with E-state index in [0.29, 0.717) is 0 Å². The lowest BCUT2D eigenvalue weighted by Crippen LogP contribution is -2.19. The van der Waals surface area contributed by atoms with Gasteiger partial charge in [0, 0.05) is 18.8 Å². The zero-order valence-corrected chi connectivity index (χ0v) is 11.4. The van der Waals surface area contributed by atoms with E-state index in [4.69, 9.17) is 0 Å². The maximum atomic E-state index is 2.56. The zero-order valence-electron chi connectivity index (χ0n) is 11.4. The minimum atomic E-state index is 0.850. The molecule has 1 saturated heterocycles. The SMILES string of the molecule is CCCCC1CN(c2ccc(C)cc2)CC1C. The summed E-state index contributed by atoms with van der Waals surface area (Å²) in [7, 11) is 0. The van der Waals surface area contributed by atoms with Gasteiger partial charge in [0.15, 0.2) is 0 Å². The van der Waals surface area contributed by atoms with Crippen LogP contribution in [-0.2, 0) is 0 Å². The Morgan fingerprint density at radius 1 is 1.18 bits per heavy atom. The fourth-order valence-corrected chi connectivity index (χ4v) is 2.84. The molecule has 2 rings (SSSR count). The fourth-order valence-electron chi connectivity index (χ4n) is 2.84. The summed E-state index contributed by atoms with van der Waals surface area (Å²) >= 11 is 0. The highest BCUT2D eigenvalue weighted by Gasteiger charge is 2.28. The smallest absolute Gasteiger partial charge is 0.0366 e. The summed E-state index contributed by atoms with van der Waals surface area (Å²) < 4.78 is 0. The topological polar surface area (TPSA) is 3.24 Å². The predicted molar refractivity (Wildman–Crippen MR) is 75.6 cm³/mol. The fraction of sp³-hybridized carbons (Fsp3) is 0.625. The summed E-state index contributed by atoms with van der Waals surface area (Å²) in [5.74, 6) is 1.75. The first-order chi connectivity index (χ1) is 8.20. The number of anilines is 1. The van der Waals surface area contributed by atoms with Crippen LogP contribution in [0.15, 0.2) is 24.3 Å².